The van der Waals surface area contributed by atoms with Crippen LogP contribution in [0.15, 0.2) is 43.0 Å². The second-order valence-electron chi connectivity index (χ2n) is 9.45. The molecule has 1 atom stereocenters. The molecule has 39 heavy (non-hydrogen) atoms. The molecule has 13 nitrogen and oxygen atoms in total. The quantitative estimate of drug-likeness (QED) is 0.352. The molecule has 1 unspecified atom stereocenters. The fourth-order valence-corrected chi connectivity index (χ4v) is 4.85. The Morgan fingerprint density at radius 2 is 1.97 bits per heavy atom. The lowest BCUT2D eigenvalue weighted by Gasteiger charge is -2.38. The summed E-state index contributed by atoms with van der Waals surface area (Å²) in [6.45, 7) is 4.22. The molecule has 1 saturated heterocycles. The number of aromatic nitrogens is 5. The van der Waals surface area contributed by atoms with E-state index in [1.54, 1.807) is 65.0 Å². The van der Waals surface area contributed by atoms with Crippen LogP contribution < -0.4 is 15.1 Å². The number of nitrogens with zero attached hydrogens (tertiary/aromatic N) is 7. The summed E-state index contributed by atoms with van der Waals surface area (Å²) >= 11 is 0. The number of fused-ring (bicyclic) bond motifs is 2. The third-order valence-electron chi connectivity index (χ3n) is 6.90. The summed E-state index contributed by atoms with van der Waals surface area (Å²) in [4.78, 5) is 44.7. The Morgan fingerprint density at radius 1 is 1.21 bits per heavy atom. The van der Waals surface area contributed by atoms with Gasteiger partial charge in [0, 0.05) is 56.9 Å². The minimum atomic E-state index is -0.813. The van der Waals surface area contributed by atoms with E-state index >= 15 is 0 Å². The van der Waals surface area contributed by atoms with Gasteiger partial charge >= 0.3 is 5.97 Å². The lowest BCUT2D eigenvalue weighted by molar-refractivity contribution is -0.158. The molecule has 1 N–H and O–H groups in total. The average molecular weight is 535 g/mol. The molecule has 2 amide bonds. The number of rotatable bonds is 7. The number of esters is 1. The van der Waals surface area contributed by atoms with Gasteiger partial charge < -0.3 is 19.7 Å². The second kappa shape index (κ2) is 10.6. The van der Waals surface area contributed by atoms with E-state index in [9.17, 15) is 14.4 Å². The Hall–Kier alpha value is -4.68. The zero-order valence-electron chi connectivity index (χ0n) is 22.2. The minimum Gasteiger partial charge on any atom is -0.496 e. The number of methoxy groups -OCH3 is 1. The van der Waals surface area contributed by atoms with Crippen LogP contribution in [-0.2, 0) is 14.3 Å². The maximum Gasteiger partial charge on any atom is 0.303 e. The number of anilines is 1. The maximum absolute atomic E-state index is 13.2. The Kier molecular flexibility index (Phi) is 7.05. The minimum absolute atomic E-state index is 0.0292. The molecule has 204 valence electrons. The van der Waals surface area contributed by atoms with Gasteiger partial charge in [0.15, 0.2) is 11.8 Å². The summed E-state index contributed by atoms with van der Waals surface area (Å²) < 4.78 is 12.1. The fraction of sp³-hybridized carbons (Fsp3) is 0.385. The first-order valence-electron chi connectivity index (χ1n) is 12.6. The molecule has 0 bridgehead atoms. The number of carbonyl (C=O) groups is 3. The summed E-state index contributed by atoms with van der Waals surface area (Å²) in [5, 5.41) is 14.6. The number of carbonyl (C=O) groups excluding carboxylic acids is 3. The number of ether oxygens (including phenoxy) is 2. The van der Waals surface area contributed by atoms with Crippen molar-refractivity contribution < 1.29 is 23.9 Å². The molecule has 0 radical (unpaired) electrons. The second-order valence-corrected chi connectivity index (χ2v) is 9.45. The van der Waals surface area contributed by atoms with E-state index in [-0.39, 0.29) is 17.9 Å². The highest BCUT2D eigenvalue weighted by Crippen LogP contribution is 2.27. The van der Waals surface area contributed by atoms with Crippen molar-refractivity contribution in [3.05, 3.63) is 48.5 Å². The first kappa shape index (κ1) is 25.9. The largest absolute Gasteiger partial charge is 0.496 e. The smallest absolute Gasteiger partial charge is 0.303 e. The Bertz CT molecular complexity index is 1540. The molecule has 1 aromatic carbocycles. The van der Waals surface area contributed by atoms with Crippen LogP contribution in [0.3, 0.4) is 0 Å². The number of hydrogen-bond donors (Lipinski definition) is 1. The number of hydrogen-bond acceptors (Lipinski definition) is 9. The SMILES string of the molecule is COc1cc2nn(N3CCC(N(C)C(=O)C(C)OC(C)=O)CC3)cc2cc1C(=O)Nc1cnn2cccnc12. The van der Waals surface area contributed by atoms with E-state index < -0.39 is 12.1 Å². The van der Waals surface area contributed by atoms with Crippen molar-refractivity contribution in [3.63, 3.8) is 0 Å². The van der Waals surface area contributed by atoms with Crippen molar-refractivity contribution in [3.8, 4) is 5.75 Å². The summed E-state index contributed by atoms with van der Waals surface area (Å²) in [6, 6.07) is 5.28. The van der Waals surface area contributed by atoms with Crippen LogP contribution in [0.5, 0.6) is 5.75 Å². The summed E-state index contributed by atoms with van der Waals surface area (Å²) in [5.74, 6) is -0.644. The molecule has 1 fully saturated rings. The predicted octanol–water partition coefficient (Wildman–Crippen LogP) is 1.85. The van der Waals surface area contributed by atoms with Crippen LogP contribution in [0.25, 0.3) is 16.6 Å². The highest BCUT2D eigenvalue weighted by Gasteiger charge is 2.29. The highest BCUT2D eigenvalue weighted by atomic mass is 16.5. The molecule has 5 rings (SSSR count). The van der Waals surface area contributed by atoms with Gasteiger partial charge in [0.1, 0.15) is 11.4 Å². The van der Waals surface area contributed by atoms with E-state index in [1.165, 1.54) is 14.0 Å². The maximum atomic E-state index is 13.2. The van der Waals surface area contributed by atoms with Gasteiger partial charge in [-0.2, -0.15) is 15.0 Å². The Balaban J connectivity index is 1.29. The normalized spacial score (nSPS) is 14.8. The third-order valence-corrected chi connectivity index (χ3v) is 6.90. The Labute approximate surface area is 224 Å². The van der Waals surface area contributed by atoms with E-state index in [0.717, 1.165) is 18.2 Å². The zero-order valence-corrected chi connectivity index (χ0v) is 22.2. The van der Waals surface area contributed by atoms with Gasteiger partial charge in [-0.25, -0.2) is 9.50 Å². The van der Waals surface area contributed by atoms with Crippen molar-refractivity contribution in [2.45, 2.75) is 38.8 Å². The van der Waals surface area contributed by atoms with Crippen molar-refractivity contribution >= 4 is 40.0 Å². The van der Waals surface area contributed by atoms with E-state index in [0.29, 0.717) is 41.3 Å². The first-order chi connectivity index (χ1) is 18.7. The van der Waals surface area contributed by atoms with Gasteiger partial charge in [0.2, 0.25) is 0 Å². The van der Waals surface area contributed by atoms with Crippen LogP contribution in [0.4, 0.5) is 5.69 Å². The van der Waals surface area contributed by atoms with Crippen LogP contribution in [-0.4, -0.2) is 86.6 Å². The molecular formula is C26H30N8O5. The molecule has 0 spiro atoms. The molecule has 1 aliphatic rings. The van der Waals surface area contributed by atoms with E-state index in [2.05, 4.69) is 20.4 Å². The number of amides is 2. The van der Waals surface area contributed by atoms with Gasteiger partial charge in [0.05, 0.1) is 30.6 Å². The number of benzene rings is 1. The molecule has 13 heteroatoms. The van der Waals surface area contributed by atoms with E-state index in [1.807, 2.05) is 6.20 Å². The van der Waals surface area contributed by atoms with Crippen LogP contribution >= 0.6 is 0 Å². The topological polar surface area (TPSA) is 136 Å². The van der Waals surface area contributed by atoms with Gasteiger partial charge in [-0.3, -0.25) is 19.4 Å². The molecule has 3 aromatic heterocycles. The standard InChI is InChI=1S/C26H30N8O5/c1-16(39-17(2)35)26(37)31(3)19-6-10-32(11-7-19)34-15-18-12-20(23(38-4)13-21(18)30-34)25(36)29-22-14-28-33-9-5-8-27-24(22)33/h5,8-9,12-16,19H,6-7,10-11H2,1-4H3,(H,29,36). The van der Waals surface area contributed by atoms with Crippen LogP contribution in [0.2, 0.25) is 0 Å². The van der Waals surface area contributed by atoms with Crippen LogP contribution in [0, 0.1) is 0 Å². The van der Waals surface area contributed by atoms with Crippen LogP contribution in [0.1, 0.15) is 37.0 Å². The number of nitrogens with one attached hydrogen (secondary N) is 1. The number of piperidine rings is 1. The average Bonchev–Trinajstić information content (AvgIpc) is 3.55. The monoisotopic (exact) mass is 534 g/mol. The molecule has 0 saturated carbocycles. The van der Waals surface area contributed by atoms with Gasteiger partial charge in [0.25, 0.3) is 11.8 Å². The Morgan fingerprint density at radius 3 is 2.69 bits per heavy atom. The summed E-state index contributed by atoms with van der Waals surface area (Å²) in [7, 11) is 3.25. The van der Waals surface area contributed by atoms with Crippen molar-refractivity contribution in [2.24, 2.45) is 0 Å². The van der Waals surface area contributed by atoms with Gasteiger partial charge in [-0.15, -0.1) is 0 Å². The van der Waals surface area contributed by atoms with Gasteiger partial charge in [-0.1, -0.05) is 0 Å². The first-order valence-corrected chi connectivity index (χ1v) is 12.6. The summed E-state index contributed by atoms with van der Waals surface area (Å²) in [5.41, 5.74) is 2.08. The van der Waals surface area contributed by atoms with Gasteiger partial charge in [-0.05, 0) is 31.9 Å². The molecule has 0 aliphatic carbocycles. The third kappa shape index (κ3) is 5.19. The lowest BCUT2D eigenvalue weighted by atomic mass is 10.0. The fourth-order valence-electron chi connectivity index (χ4n) is 4.85. The van der Waals surface area contributed by atoms with Crippen molar-refractivity contribution in [2.75, 3.05) is 37.6 Å². The summed E-state index contributed by atoms with van der Waals surface area (Å²) in [6.07, 6.45) is 7.46. The molecule has 4 aromatic rings. The zero-order chi connectivity index (χ0) is 27.7. The van der Waals surface area contributed by atoms with Crippen molar-refractivity contribution in [1.29, 1.82) is 0 Å². The molecule has 1 aliphatic heterocycles. The lowest BCUT2D eigenvalue weighted by Crippen LogP contribution is -2.51. The molecular weight excluding hydrogens is 504 g/mol. The van der Waals surface area contributed by atoms with E-state index in [4.69, 9.17) is 14.6 Å². The molecule has 4 heterocycles. The van der Waals surface area contributed by atoms with Crippen molar-refractivity contribution in [1.82, 2.24) is 29.4 Å². The number of likely N-dealkylation sites (N-methyl/N-ethyl adjacent to an activating group) is 1. The predicted molar refractivity (Wildman–Crippen MR) is 142 cm³/mol. The highest BCUT2D eigenvalue weighted by molar-refractivity contribution is 6.09.